The highest BCUT2D eigenvalue weighted by atomic mass is 16.6. The fourth-order valence-corrected chi connectivity index (χ4v) is 2.73. The summed E-state index contributed by atoms with van der Waals surface area (Å²) in [6, 6.07) is 4.81. The Morgan fingerprint density at radius 1 is 1.45 bits per heavy atom. The Labute approximate surface area is 117 Å². The van der Waals surface area contributed by atoms with Crippen LogP contribution in [0.15, 0.2) is 18.2 Å². The van der Waals surface area contributed by atoms with Gasteiger partial charge in [0, 0.05) is 30.9 Å². The number of ether oxygens (including phenoxy) is 1. The van der Waals surface area contributed by atoms with E-state index >= 15 is 0 Å². The Kier molecular flexibility index (Phi) is 3.92. The number of nitrogens with zero attached hydrogens (tertiary/aromatic N) is 2. The van der Waals surface area contributed by atoms with Crippen LogP contribution in [0.3, 0.4) is 0 Å². The molecule has 1 aromatic rings. The van der Waals surface area contributed by atoms with Gasteiger partial charge in [-0.15, -0.1) is 0 Å². The minimum atomic E-state index is -0.402. The first-order valence-electron chi connectivity index (χ1n) is 6.52. The van der Waals surface area contributed by atoms with E-state index in [1.807, 2.05) is 13.8 Å². The normalized spacial score (nSPS) is 21.9. The van der Waals surface area contributed by atoms with Gasteiger partial charge in [0.05, 0.1) is 18.0 Å². The third-order valence-electron chi connectivity index (χ3n) is 3.85. The maximum Gasteiger partial charge on any atom is 0.310 e. The summed E-state index contributed by atoms with van der Waals surface area (Å²) in [5.74, 6) is -0.133. The number of carbonyl (C=O) groups is 1. The third-order valence-corrected chi connectivity index (χ3v) is 3.85. The van der Waals surface area contributed by atoms with E-state index in [2.05, 4.69) is 4.90 Å². The Bertz CT molecular complexity index is 544. The second-order valence-electron chi connectivity index (χ2n) is 5.24. The van der Waals surface area contributed by atoms with E-state index in [0.29, 0.717) is 6.54 Å². The van der Waals surface area contributed by atoms with Gasteiger partial charge in [0.15, 0.2) is 0 Å². The maximum absolute atomic E-state index is 11.7. The zero-order valence-corrected chi connectivity index (χ0v) is 11.8. The summed E-state index contributed by atoms with van der Waals surface area (Å²) in [6.07, 6.45) is 0. The molecular formula is C14H18N2O4. The number of non-ortho nitro benzene ring substituents is 1. The molecule has 0 N–H and O–H groups in total. The van der Waals surface area contributed by atoms with Crippen molar-refractivity contribution < 1.29 is 14.5 Å². The predicted molar refractivity (Wildman–Crippen MR) is 74.7 cm³/mol. The molecule has 20 heavy (non-hydrogen) atoms. The molecule has 0 radical (unpaired) electrons. The number of rotatable bonds is 3. The molecule has 0 aliphatic carbocycles. The molecule has 1 saturated heterocycles. The van der Waals surface area contributed by atoms with Crippen LogP contribution in [-0.2, 0) is 9.53 Å². The van der Waals surface area contributed by atoms with Crippen LogP contribution in [0, 0.1) is 28.9 Å². The number of carbonyl (C=O) groups excluding carboxylic acids is 1. The highest BCUT2D eigenvalue weighted by Gasteiger charge is 2.36. The molecule has 1 fully saturated rings. The number of nitro groups is 1. The molecule has 1 aliphatic rings. The quantitative estimate of drug-likeness (QED) is 0.481. The van der Waals surface area contributed by atoms with Gasteiger partial charge in [-0.3, -0.25) is 14.9 Å². The summed E-state index contributed by atoms with van der Waals surface area (Å²) in [7, 11) is 1.40. The number of nitro benzene ring substituents is 1. The van der Waals surface area contributed by atoms with E-state index < -0.39 is 4.92 Å². The van der Waals surface area contributed by atoms with E-state index in [-0.39, 0.29) is 23.5 Å². The minimum absolute atomic E-state index is 0.0861. The molecule has 2 unspecified atom stereocenters. The van der Waals surface area contributed by atoms with Gasteiger partial charge in [0.1, 0.15) is 0 Å². The Balaban J connectivity index is 2.21. The topological polar surface area (TPSA) is 72.7 Å². The SMILES string of the molecule is COC(=O)C1CN(c2ccc([N+](=O)[O-])cc2C)CC1C. The number of methoxy groups -OCH3 is 1. The van der Waals surface area contributed by atoms with Crippen molar-refractivity contribution >= 4 is 17.3 Å². The smallest absolute Gasteiger partial charge is 0.310 e. The summed E-state index contributed by atoms with van der Waals surface area (Å²) < 4.78 is 4.81. The van der Waals surface area contributed by atoms with Gasteiger partial charge >= 0.3 is 5.97 Å². The van der Waals surface area contributed by atoms with E-state index in [9.17, 15) is 14.9 Å². The van der Waals surface area contributed by atoms with E-state index in [1.54, 1.807) is 12.1 Å². The predicted octanol–water partition coefficient (Wildman–Crippen LogP) is 2.15. The molecule has 0 amide bonds. The average Bonchev–Trinajstić information content (AvgIpc) is 2.79. The van der Waals surface area contributed by atoms with E-state index in [4.69, 9.17) is 4.74 Å². The summed E-state index contributed by atoms with van der Waals surface area (Å²) in [6.45, 7) is 5.20. The standard InChI is InChI=1S/C14H18N2O4/c1-9-6-11(16(18)19)4-5-13(9)15-7-10(2)12(8-15)14(17)20-3/h4-6,10,12H,7-8H2,1-3H3. The van der Waals surface area contributed by atoms with Gasteiger partial charge in [-0.1, -0.05) is 6.92 Å². The largest absolute Gasteiger partial charge is 0.469 e. The minimum Gasteiger partial charge on any atom is -0.469 e. The van der Waals surface area contributed by atoms with Gasteiger partial charge in [-0.05, 0) is 24.5 Å². The van der Waals surface area contributed by atoms with Gasteiger partial charge < -0.3 is 9.64 Å². The molecular weight excluding hydrogens is 260 g/mol. The van der Waals surface area contributed by atoms with Gasteiger partial charge in [-0.25, -0.2) is 0 Å². The number of hydrogen-bond acceptors (Lipinski definition) is 5. The average molecular weight is 278 g/mol. The highest BCUT2D eigenvalue weighted by molar-refractivity contribution is 5.75. The first-order chi connectivity index (χ1) is 9.43. The molecule has 6 nitrogen and oxygen atoms in total. The van der Waals surface area contributed by atoms with E-state index in [1.165, 1.54) is 13.2 Å². The Morgan fingerprint density at radius 2 is 2.15 bits per heavy atom. The second-order valence-corrected chi connectivity index (χ2v) is 5.24. The van der Waals surface area contributed by atoms with Crippen molar-refractivity contribution in [2.24, 2.45) is 11.8 Å². The van der Waals surface area contributed by atoms with Gasteiger partial charge in [-0.2, -0.15) is 0 Å². The highest BCUT2D eigenvalue weighted by Crippen LogP contribution is 2.32. The zero-order valence-electron chi connectivity index (χ0n) is 11.8. The first-order valence-corrected chi connectivity index (χ1v) is 6.52. The molecule has 0 aromatic heterocycles. The van der Waals surface area contributed by atoms with Gasteiger partial charge in [0.25, 0.3) is 5.69 Å². The fraction of sp³-hybridized carbons (Fsp3) is 0.500. The lowest BCUT2D eigenvalue weighted by Crippen LogP contribution is -2.24. The number of anilines is 1. The Hall–Kier alpha value is -2.11. The van der Waals surface area contributed by atoms with Crippen LogP contribution >= 0.6 is 0 Å². The number of hydrogen-bond donors (Lipinski definition) is 0. The maximum atomic E-state index is 11.7. The van der Waals surface area contributed by atoms with Crippen LogP contribution in [0.1, 0.15) is 12.5 Å². The summed E-state index contributed by atoms with van der Waals surface area (Å²) in [4.78, 5) is 24.1. The molecule has 1 aliphatic heterocycles. The lowest BCUT2D eigenvalue weighted by Gasteiger charge is -2.20. The van der Waals surface area contributed by atoms with Crippen molar-refractivity contribution in [2.75, 3.05) is 25.1 Å². The van der Waals surface area contributed by atoms with E-state index in [0.717, 1.165) is 17.8 Å². The Morgan fingerprint density at radius 3 is 2.70 bits per heavy atom. The van der Waals surface area contributed by atoms with Crippen molar-refractivity contribution in [3.05, 3.63) is 33.9 Å². The lowest BCUT2D eigenvalue weighted by atomic mass is 9.99. The number of aryl methyl sites for hydroxylation is 1. The van der Waals surface area contributed by atoms with Crippen molar-refractivity contribution in [3.63, 3.8) is 0 Å². The zero-order chi connectivity index (χ0) is 14.9. The molecule has 1 heterocycles. The monoisotopic (exact) mass is 278 g/mol. The first kappa shape index (κ1) is 14.3. The third kappa shape index (κ3) is 2.59. The van der Waals surface area contributed by atoms with Crippen LogP contribution in [0.5, 0.6) is 0 Å². The lowest BCUT2D eigenvalue weighted by molar-refractivity contribution is -0.384. The molecule has 0 bridgehead atoms. The van der Waals surface area contributed by atoms with Crippen molar-refractivity contribution in [1.82, 2.24) is 0 Å². The van der Waals surface area contributed by atoms with Crippen LogP contribution < -0.4 is 4.90 Å². The van der Waals surface area contributed by atoms with Crippen molar-refractivity contribution in [1.29, 1.82) is 0 Å². The van der Waals surface area contributed by atoms with Crippen molar-refractivity contribution in [2.45, 2.75) is 13.8 Å². The summed E-state index contributed by atoms with van der Waals surface area (Å²) >= 11 is 0. The molecule has 1 aromatic carbocycles. The summed E-state index contributed by atoms with van der Waals surface area (Å²) in [5, 5.41) is 10.7. The van der Waals surface area contributed by atoms with Crippen LogP contribution in [0.25, 0.3) is 0 Å². The van der Waals surface area contributed by atoms with Gasteiger partial charge in [0.2, 0.25) is 0 Å². The van der Waals surface area contributed by atoms with Crippen LogP contribution in [0.4, 0.5) is 11.4 Å². The molecule has 0 spiro atoms. The number of esters is 1. The number of benzene rings is 1. The second kappa shape index (κ2) is 5.48. The van der Waals surface area contributed by atoms with Crippen molar-refractivity contribution in [3.8, 4) is 0 Å². The molecule has 0 saturated carbocycles. The van der Waals surface area contributed by atoms with Crippen LogP contribution in [0.2, 0.25) is 0 Å². The fourth-order valence-electron chi connectivity index (χ4n) is 2.73. The molecule has 108 valence electrons. The molecule has 2 atom stereocenters. The molecule has 6 heteroatoms. The summed E-state index contributed by atoms with van der Waals surface area (Å²) in [5.41, 5.74) is 1.87. The molecule has 2 rings (SSSR count). The van der Waals surface area contributed by atoms with Crippen LogP contribution in [-0.4, -0.2) is 31.1 Å².